The monoisotopic (exact) mass is 768 g/mol. The van der Waals surface area contributed by atoms with Gasteiger partial charge in [0.2, 0.25) is 0 Å². The average molecular weight is 769 g/mol. The molecule has 12 rings (SSSR count). The molecule has 4 nitrogen and oxygen atoms in total. The van der Waals surface area contributed by atoms with Crippen LogP contribution in [0.25, 0.3) is 76.5 Å². The molecule has 0 radical (unpaired) electrons. The first-order valence-corrected chi connectivity index (χ1v) is 20.3. The zero-order valence-corrected chi connectivity index (χ0v) is 32.5. The van der Waals surface area contributed by atoms with E-state index in [-0.39, 0.29) is 0 Å². The second-order valence-corrected chi connectivity index (χ2v) is 15.3. The van der Waals surface area contributed by atoms with Crippen LogP contribution in [0, 0.1) is 0 Å². The van der Waals surface area contributed by atoms with Crippen molar-refractivity contribution in [2.75, 3.05) is 9.80 Å². The Kier molecular flexibility index (Phi) is 7.82. The zero-order valence-electron chi connectivity index (χ0n) is 32.5. The molecule has 0 atom stereocenters. The molecule has 4 heteroatoms. The first-order chi connectivity index (χ1) is 29.7. The molecule has 60 heavy (non-hydrogen) atoms. The summed E-state index contributed by atoms with van der Waals surface area (Å²) >= 11 is 0. The van der Waals surface area contributed by atoms with Crippen molar-refractivity contribution in [2.45, 2.75) is 0 Å². The van der Waals surface area contributed by atoms with Gasteiger partial charge >= 0.3 is 0 Å². The Morgan fingerprint density at radius 1 is 0.267 bits per heavy atom. The van der Waals surface area contributed by atoms with Crippen molar-refractivity contribution in [1.82, 2.24) is 0 Å². The summed E-state index contributed by atoms with van der Waals surface area (Å²) in [5.74, 6) is 0. The smallest absolute Gasteiger partial charge is 0.136 e. The van der Waals surface area contributed by atoms with Crippen LogP contribution < -0.4 is 9.80 Å². The molecular formula is C56H36N2O2. The summed E-state index contributed by atoms with van der Waals surface area (Å²) in [6.45, 7) is 0. The molecule has 0 saturated heterocycles. The Morgan fingerprint density at radius 3 is 1.58 bits per heavy atom. The first-order valence-electron chi connectivity index (χ1n) is 20.3. The van der Waals surface area contributed by atoms with E-state index >= 15 is 0 Å². The number of rotatable bonds is 7. The van der Waals surface area contributed by atoms with Crippen molar-refractivity contribution in [2.24, 2.45) is 0 Å². The van der Waals surface area contributed by atoms with Crippen LogP contribution in [-0.4, -0.2) is 0 Å². The molecular weight excluding hydrogens is 733 g/mol. The van der Waals surface area contributed by atoms with Crippen LogP contribution in [0.1, 0.15) is 0 Å². The van der Waals surface area contributed by atoms with E-state index in [4.69, 9.17) is 8.83 Å². The summed E-state index contributed by atoms with van der Waals surface area (Å²) < 4.78 is 12.6. The Bertz CT molecular complexity index is 3570. The Labute approximate surface area is 346 Å². The third kappa shape index (κ3) is 5.61. The highest BCUT2D eigenvalue weighted by atomic mass is 16.3. The fraction of sp³-hybridized carbons (Fsp3) is 0. The van der Waals surface area contributed by atoms with E-state index in [1.165, 1.54) is 16.2 Å². The normalized spacial score (nSPS) is 11.7. The fourth-order valence-electron chi connectivity index (χ4n) is 9.01. The molecule has 0 amide bonds. The summed E-state index contributed by atoms with van der Waals surface area (Å²) in [6, 6.07) is 77.7. The molecule has 2 heterocycles. The lowest BCUT2D eigenvalue weighted by Crippen LogP contribution is -2.14. The van der Waals surface area contributed by atoms with Crippen molar-refractivity contribution in [3.05, 3.63) is 218 Å². The molecule has 0 bridgehead atoms. The van der Waals surface area contributed by atoms with Crippen molar-refractivity contribution in [3.63, 3.8) is 0 Å². The van der Waals surface area contributed by atoms with Crippen LogP contribution in [0.2, 0.25) is 0 Å². The van der Waals surface area contributed by atoms with Gasteiger partial charge in [-0.25, -0.2) is 0 Å². The van der Waals surface area contributed by atoms with Crippen molar-refractivity contribution >= 4 is 99.5 Å². The van der Waals surface area contributed by atoms with Crippen LogP contribution in [0.3, 0.4) is 0 Å². The standard InChI is InChI=1S/C56H36N2O2/c1-3-14-37(15-4-1)45-20-7-10-23-52(45)58(44-29-28-38-26-27-39-32-56-51(36-49(39)48(38)34-44)47-22-9-12-25-54(47)60-56)42-19-13-18-41(33-42)57(40-16-5-2-6-17-40)43-30-31-55-50(35-43)46-21-8-11-24-53(46)59-55/h1-36H. The predicted octanol–water partition coefficient (Wildman–Crippen LogP) is 16.4. The lowest BCUT2D eigenvalue weighted by Gasteiger charge is -2.31. The van der Waals surface area contributed by atoms with E-state index < -0.39 is 0 Å². The van der Waals surface area contributed by atoms with Crippen LogP contribution in [0.5, 0.6) is 0 Å². The molecule has 0 spiro atoms. The topological polar surface area (TPSA) is 32.8 Å². The summed E-state index contributed by atoms with van der Waals surface area (Å²) in [7, 11) is 0. The number of anilines is 6. The van der Waals surface area contributed by atoms with Gasteiger partial charge in [-0.3, -0.25) is 0 Å². The SMILES string of the molecule is c1ccc(-c2ccccc2N(c2cccc(N(c3ccccc3)c3ccc4oc5ccccc5c4c3)c2)c2ccc3ccc4cc5oc6ccccc6c5cc4c3c2)cc1. The minimum Gasteiger partial charge on any atom is -0.456 e. The zero-order chi connectivity index (χ0) is 39.6. The molecule has 0 aliphatic carbocycles. The summed E-state index contributed by atoms with van der Waals surface area (Å²) in [5, 5.41) is 9.13. The maximum Gasteiger partial charge on any atom is 0.136 e. The highest BCUT2D eigenvalue weighted by Gasteiger charge is 2.21. The average Bonchev–Trinajstić information content (AvgIpc) is 3.87. The van der Waals surface area contributed by atoms with Crippen LogP contribution in [0.15, 0.2) is 227 Å². The molecule has 0 saturated carbocycles. The molecule has 0 aliphatic rings. The molecule has 0 unspecified atom stereocenters. The lowest BCUT2D eigenvalue weighted by molar-refractivity contribution is 0.668. The number of furan rings is 2. The number of para-hydroxylation sites is 4. The first kappa shape index (κ1) is 34.0. The Hall–Kier alpha value is -8.08. The van der Waals surface area contributed by atoms with Gasteiger partial charge in [0.25, 0.3) is 0 Å². The molecule has 2 aromatic heterocycles. The number of hydrogen-bond acceptors (Lipinski definition) is 4. The minimum absolute atomic E-state index is 0.871. The van der Waals surface area contributed by atoms with E-state index in [0.29, 0.717) is 0 Å². The molecule has 0 fully saturated rings. The van der Waals surface area contributed by atoms with E-state index in [9.17, 15) is 0 Å². The molecule has 10 aromatic carbocycles. The predicted molar refractivity (Wildman–Crippen MR) is 251 cm³/mol. The third-order valence-electron chi connectivity index (χ3n) is 11.8. The molecule has 0 N–H and O–H groups in total. The van der Waals surface area contributed by atoms with Crippen LogP contribution in [-0.2, 0) is 0 Å². The third-order valence-corrected chi connectivity index (χ3v) is 11.8. The maximum absolute atomic E-state index is 6.32. The van der Waals surface area contributed by atoms with Crippen LogP contribution >= 0.6 is 0 Å². The van der Waals surface area contributed by atoms with E-state index in [1.807, 2.05) is 24.3 Å². The van der Waals surface area contributed by atoms with Gasteiger partial charge in [-0.15, -0.1) is 0 Å². The van der Waals surface area contributed by atoms with E-state index in [0.717, 1.165) is 94.5 Å². The van der Waals surface area contributed by atoms with Gasteiger partial charge in [0.05, 0.1) is 5.69 Å². The molecule has 282 valence electrons. The number of benzene rings is 10. The van der Waals surface area contributed by atoms with Crippen molar-refractivity contribution < 1.29 is 8.83 Å². The number of nitrogens with zero attached hydrogens (tertiary/aromatic N) is 2. The fourth-order valence-corrected chi connectivity index (χ4v) is 9.01. The van der Waals surface area contributed by atoms with Crippen molar-refractivity contribution in [1.29, 1.82) is 0 Å². The highest BCUT2D eigenvalue weighted by Crippen LogP contribution is 2.46. The van der Waals surface area contributed by atoms with Gasteiger partial charge in [-0.2, -0.15) is 0 Å². The van der Waals surface area contributed by atoms with Crippen LogP contribution in [0.4, 0.5) is 34.1 Å². The van der Waals surface area contributed by atoms with E-state index in [2.05, 4.69) is 204 Å². The summed E-state index contributed by atoms with van der Waals surface area (Å²) in [6.07, 6.45) is 0. The molecule has 0 aliphatic heterocycles. The number of fused-ring (bicyclic) bond motifs is 9. The Balaban J connectivity index is 1.08. The van der Waals surface area contributed by atoms with Gasteiger partial charge in [0, 0.05) is 55.5 Å². The van der Waals surface area contributed by atoms with E-state index in [1.54, 1.807) is 0 Å². The van der Waals surface area contributed by atoms with Gasteiger partial charge in [-0.1, -0.05) is 127 Å². The second kappa shape index (κ2) is 13.8. The van der Waals surface area contributed by atoms with Gasteiger partial charge in [0.1, 0.15) is 22.3 Å². The number of hydrogen-bond donors (Lipinski definition) is 0. The highest BCUT2D eigenvalue weighted by molar-refractivity contribution is 6.17. The maximum atomic E-state index is 6.32. The van der Waals surface area contributed by atoms with Gasteiger partial charge < -0.3 is 18.6 Å². The summed E-state index contributed by atoms with van der Waals surface area (Å²) in [4.78, 5) is 4.74. The quantitative estimate of drug-likeness (QED) is 0.151. The van der Waals surface area contributed by atoms with Gasteiger partial charge in [0.15, 0.2) is 0 Å². The lowest BCUT2D eigenvalue weighted by atomic mass is 9.98. The van der Waals surface area contributed by atoms with Crippen molar-refractivity contribution in [3.8, 4) is 11.1 Å². The minimum atomic E-state index is 0.871. The summed E-state index contributed by atoms with van der Waals surface area (Å²) in [5.41, 5.74) is 12.2. The largest absolute Gasteiger partial charge is 0.456 e. The Morgan fingerprint density at radius 2 is 0.783 bits per heavy atom. The molecule has 12 aromatic rings. The van der Waals surface area contributed by atoms with Gasteiger partial charge in [-0.05, 0) is 118 Å². The second-order valence-electron chi connectivity index (χ2n) is 15.3.